The maximum atomic E-state index is 12.1. The second kappa shape index (κ2) is 5.97. The first kappa shape index (κ1) is 13.7. The maximum absolute atomic E-state index is 12.1. The lowest BCUT2D eigenvalue weighted by Gasteiger charge is -2.14. The van der Waals surface area contributed by atoms with E-state index >= 15 is 0 Å². The molecule has 2 N–H and O–H groups in total. The van der Waals surface area contributed by atoms with Crippen molar-refractivity contribution >= 4 is 11.6 Å². The first-order chi connectivity index (χ1) is 9.06. The van der Waals surface area contributed by atoms with E-state index in [-0.39, 0.29) is 23.5 Å². The Kier molecular flexibility index (Phi) is 4.31. The van der Waals surface area contributed by atoms with Crippen molar-refractivity contribution in [2.45, 2.75) is 13.5 Å². The van der Waals surface area contributed by atoms with Crippen LogP contribution in [-0.4, -0.2) is 25.6 Å². The van der Waals surface area contributed by atoms with E-state index in [0.717, 1.165) is 6.54 Å². The molecule has 0 radical (unpaired) electrons. The molecule has 2 rings (SSSR count). The van der Waals surface area contributed by atoms with Gasteiger partial charge in [0.25, 0.3) is 0 Å². The zero-order valence-corrected chi connectivity index (χ0v) is 10.5. The number of alkyl halides is 2. The number of ether oxygens (including phenoxy) is 1. The second-order valence-electron chi connectivity index (χ2n) is 4.64. The van der Waals surface area contributed by atoms with Crippen molar-refractivity contribution in [2.24, 2.45) is 11.8 Å². The second-order valence-corrected chi connectivity index (χ2v) is 4.64. The minimum Gasteiger partial charge on any atom is -0.435 e. The third-order valence-electron chi connectivity index (χ3n) is 3.18. The Morgan fingerprint density at radius 3 is 2.89 bits per heavy atom. The van der Waals surface area contributed by atoms with Crippen LogP contribution in [-0.2, 0) is 4.79 Å². The predicted octanol–water partition coefficient (Wildman–Crippen LogP) is 2.08. The van der Waals surface area contributed by atoms with Gasteiger partial charge in [-0.2, -0.15) is 8.78 Å². The summed E-state index contributed by atoms with van der Waals surface area (Å²) in [6.45, 7) is 0.581. The Morgan fingerprint density at radius 1 is 1.47 bits per heavy atom. The quantitative estimate of drug-likeness (QED) is 0.880. The van der Waals surface area contributed by atoms with Crippen molar-refractivity contribution in [1.82, 2.24) is 5.32 Å². The van der Waals surface area contributed by atoms with E-state index in [1.165, 1.54) is 12.1 Å². The number of benzene rings is 1. The summed E-state index contributed by atoms with van der Waals surface area (Å²) in [4.78, 5) is 12.0. The van der Waals surface area contributed by atoms with Crippen molar-refractivity contribution in [2.75, 3.05) is 18.4 Å². The number of amides is 1. The highest BCUT2D eigenvalue weighted by Gasteiger charge is 2.29. The number of carbonyl (C=O) groups is 1. The summed E-state index contributed by atoms with van der Waals surface area (Å²) in [6, 6.07) is 6.01. The summed E-state index contributed by atoms with van der Waals surface area (Å²) in [6.07, 6.45) is 0. The molecule has 6 heteroatoms. The Morgan fingerprint density at radius 2 is 2.26 bits per heavy atom. The van der Waals surface area contributed by atoms with Gasteiger partial charge in [0.15, 0.2) is 0 Å². The summed E-state index contributed by atoms with van der Waals surface area (Å²) in [5.41, 5.74) is 0.460. The number of anilines is 1. The van der Waals surface area contributed by atoms with Crippen molar-refractivity contribution in [1.29, 1.82) is 0 Å². The molecule has 0 aliphatic carbocycles. The third kappa shape index (κ3) is 3.64. The average molecular weight is 270 g/mol. The Bertz CT molecular complexity index is 454. The molecule has 0 spiro atoms. The zero-order chi connectivity index (χ0) is 13.8. The Labute approximate surface area is 110 Å². The lowest BCUT2D eigenvalue weighted by atomic mass is 9.97. The predicted molar refractivity (Wildman–Crippen MR) is 67.2 cm³/mol. The van der Waals surface area contributed by atoms with Gasteiger partial charge in [-0.05, 0) is 24.6 Å². The van der Waals surface area contributed by atoms with Crippen LogP contribution >= 0.6 is 0 Å². The Hall–Kier alpha value is -1.69. The molecule has 19 heavy (non-hydrogen) atoms. The Balaban J connectivity index is 2.00. The molecule has 1 fully saturated rings. The van der Waals surface area contributed by atoms with Gasteiger partial charge in [0.05, 0.1) is 5.92 Å². The van der Waals surface area contributed by atoms with E-state index in [2.05, 4.69) is 15.4 Å². The summed E-state index contributed by atoms with van der Waals surface area (Å²) in [5, 5.41) is 5.87. The fourth-order valence-electron chi connectivity index (χ4n) is 2.15. The summed E-state index contributed by atoms with van der Waals surface area (Å²) in [7, 11) is 0. The minimum absolute atomic E-state index is 0.0328. The van der Waals surface area contributed by atoms with Gasteiger partial charge in [-0.15, -0.1) is 0 Å². The maximum Gasteiger partial charge on any atom is 0.387 e. The highest BCUT2D eigenvalue weighted by Crippen LogP contribution is 2.22. The van der Waals surface area contributed by atoms with Crippen LogP contribution in [0.4, 0.5) is 14.5 Å². The van der Waals surface area contributed by atoms with Crippen LogP contribution in [0.2, 0.25) is 0 Å². The fraction of sp³-hybridized carbons (Fsp3) is 0.462. The molecule has 104 valence electrons. The van der Waals surface area contributed by atoms with E-state index < -0.39 is 6.61 Å². The van der Waals surface area contributed by atoms with Crippen LogP contribution in [0, 0.1) is 11.8 Å². The number of halogens is 2. The van der Waals surface area contributed by atoms with Crippen LogP contribution < -0.4 is 15.4 Å². The van der Waals surface area contributed by atoms with Crippen LogP contribution in [0.15, 0.2) is 24.3 Å². The molecule has 1 aromatic carbocycles. The molecular formula is C13H16F2N2O2. The summed E-state index contributed by atoms with van der Waals surface area (Å²) >= 11 is 0. The highest BCUT2D eigenvalue weighted by molar-refractivity contribution is 5.93. The molecule has 1 amide bonds. The standard InChI is InChI=1S/C13H16F2N2O2/c1-8-6-16-7-11(8)12(18)17-9-3-2-4-10(5-9)19-13(14)15/h2-5,8,11,13,16H,6-7H2,1H3,(H,17,18)/t8-,11-/m1/s1. The van der Waals surface area contributed by atoms with Crippen LogP contribution in [0.1, 0.15) is 6.92 Å². The average Bonchev–Trinajstić information content (AvgIpc) is 2.75. The first-order valence-electron chi connectivity index (χ1n) is 6.12. The molecular weight excluding hydrogens is 254 g/mol. The van der Waals surface area contributed by atoms with Gasteiger partial charge in [-0.3, -0.25) is 4.79 Å². The van der Waals surface area contributed by atoms with Gasteiger partial charge in [0.2, 0.25) is 5.91 Å². The van der Waals surface area contributed by atoms with Gasteiger partial charge in [0, 0.05) is 18.3 Å². The molecule has 0 unspecified atom stereocenters. The van der Waals surface area contributed by atoms with Crippen LogP contribution in [0.5, 0.6) is 5.75 Å². The number of nitrogens with one attached hydrogen (secondary N) is 2. The zero-order valence-electron chi connectivity index (χ0n) is 10.5. The van der Waals surface area contributed by atoms with E-state index in [9.17, 15) is 13.6 Å². The van der Waals surface area contributed by atoms with Crippen molar-refractivity contribution in [3.05, 3.63) is 24.3 Å². The summed E-state index contributed by atoms with van der Waals surface area (Å²) < 4.78 is 28.5. The molecule has 0 aromatic heterocycles. The fourth-order valence-corrected chi connectivity index (χ4v) is 2.15. The van der Waals surface area contributed by atoms with Crippen LogP contribution in [0.3, 0.4) is 0 Å². The van der Waals surface area contributed by atoms with E-state index in [1.54, 1.807) is 12.1 Å². The topological polar surface area (TPSA) is 50.4 Å². The van der Waals surface area contributed by atoms with Gasteiger partial charge in [0.1, 0.15) is 5.75 Å². The molecule has 1 aliphatic heterocycles. The molecule has 0 saturated carbocycles. The molecule has 4 nitrogen and oxygen atoms in total. The van der Waals surface area contributed by atoms with Crippen molar-refractivity contribution < 1.29 is 18.3 Å². The van der Waals surface area contributed by atoms with Gasteiger partial charge >= 0.3 is 6.61 Å². The van der Waals surface area contributed by atoms with Crippen molar-refractivity contribution in [3.63, 3.8) is 0 Å². The normalized spacial score (nSPS) is 22.5. The molecule has 1 aromatic rings. The van der Waals surface area contributed by atoms with Gasteiger partial charge in [-0.1, -0.05) is 13.0 Å². The van der Waals surface area contributed by atoms with E-state index in [4.69, 9.17) is 0 Å². The van der Waals surface area contributed by atoms with E-state index in [1.807, 2.05) is 6.92 Å². The van der Waals surface area contributed by atoms with Gasteiger partial charge < -0.3 is 15.4 Å². The molecule has 0 bridgehead atoms. The first-order valence-corrected chi connectivity index (χ1v) is 6.12. The van der Waals surface area contributed by atoms with Crippen molar-refractivity contribution in [3.8, 4) is 5.75 Å². The number of carbonyl (C=O) groups excluding carboxylic acids is 1. The highest BCUT2D eigenvalue weighted by atomic mass is 19.3. The van der Waals surface area contributed by atoms with Crippen LogP contribution in [0.25, 0.3) is 0 Å². The molecule has 1 heterocycles. The molecule has 2 atom stereocenters. The summed E-state index contributed by atoms with van der Waals surface area (Å²) in [5.74, 6) is 0.0947. The lowest BCUT2D eigenvalue weighted by Crippen LogP contribution is -2.27. The van der Waals surface area contributed by atoms with E-state index in [0.29, 0.717) is 12.2 Å². The largest absolute Gasteiger partial charge is 0.435 e. The SMILES string of the molecule is C[C@@H]1CNC[C@H]1C(=O)Nc1cccc(OC(F)F)c1. The molecule has 1 aliphatic rings. The minimum atomic E-state index is -2.87. The smallest absolute Gasteiger partial charge is 0.387 e. The lowest BCUT2D eigenvalue weighted by molar-refractivity contribution is -0.120. The third-order valence-corrected chi connectivity index (χ3v) is 3.18. The number of hydrogen-bond donors (Lipinski definition) is 2. The molecule has 1 saturated heterocycles. The number of hydrogen-bond acceptors (Lipinski definition) is 3. The number of rotatable bonds is 4. The van der Waals surface area contributed by atoms with Gasteiger partial charge in [-0.25, -0.2) is 0 Å². The monoisotopic (exact) mass is 270 g/mol.